The summed E-state index contributed by atoms with van der Waals surface area (Å²) >= 11 is 0. The SMILES string of the molecule is Cc1ccc(N(c2ccc(-c3ccc4c(c3)C(C)(C)c3ccccc3-4)cc2)c2ccc3c(c2)c2cc(-c4ccccc4)ccc2n3C)cc1. The Balaban J connectivity index is 1.14. The third kappa shape index (κ3) is 4.70. The predicted molar refractivity (Wildman–Crippen MR) is 208 cm³/mol. The van der Waals surface area contributed by atoms with E-state index in [1.807, 2.05) is 0 Å². The Bertz CT molecular complexity index is 2520. The molecule has 236 valence electrons. The highest BCUT2D eigenvalue weighted by atomic mass is 15.1. The first-order valence-corrected chi connectivity index (χ1v) is 17.2. The minimum absolute atomic E-state index is 0.0216. The summed E-state index contributed by atoms with van der Waals surface area (Å²) < 4.78 is 2.31. The van der Waals surface area contributed by atoms with Crippen molar-refractivity contribution in [1.29, 1.82) is 0 Å². The Morgan fingerprint density at radius 2 is 0.980 bits per heavy atom. The van der Waals surface area contributed by atoms with Gasteiger partial charge in [0.15, 0.2) is 0 Å². The number of aryl methyl sites for hydroxylation is 2. The molecule has 0 amide bonds. The molecule has 0 fully saturated rings. The number of rotatable bonds is 5. The Hall–Kier alpha value is -5.86. The molecule has 49 heavy (non-hydrogen) atoms. The van der Waals surface area contributed by atoms with Gasteiger partial charge in [0.25, 0.3) is 0 Å². The molecule has 2 nitrogen and oxygen atoms in total. The lowest BCUT2D eigenvalue weighted by atomic mass is 9.81. The molecule has 1 aliphatic carbocycles. The van der Waals surface area contributed by atoms with E-state index in [1.165, 1.54) is 71.9 Å². The van der Waals surface area contributed by atoms with Crippen molar-refractivity contribution in [3.63, 3.8) is 0 Å². The third-order valence-corrected chi connectivity index (χ3v) is 10.7. The molecule has 0 unspecified atom stereocenters. The van der Waals surface area contributed by atoms with Crippen LogP contribution in [0.2, 0.25) is 0 Å². The van der Waals surface area contributed by atoms with Gasteiger partial charge in [-0.2, -0.15) is 0 Å². The number of nitrogens with zero attached hydrogens (tertiary/aromatic N) is 2. The molecular formula is C47H38N2. The summed E-state index contributed by atoms with van der Waals surface area (Å²) in [5.74, 6) is 0. The minimum Gasteiger partial charge on any atom is -0.344 e. The molecule has 9 rings (SSSR count). The Kier molecular flexibility index (Phi) is 6.64. The van der Waals surface area contributed by atoms with Gasteiger partial charge in [-0.05, 0) is 112 Å². The van der Waals surface area contributed by atoms with E-state index in [0.717, 1.165) is 17.1 Å². The van der Waals surface area contributed by atoms with Gasteiger partial charge in [-0.25, -0.2) is 0 Å². The van der Waals surface area contributed by atoms with Gasteiger partial charge < -0.3 is 9.47 Å². The fourth-order valence-electron chi connectivity index (χ4n) is 7.98. The lowest BCUT2D eigenvalue weighted by Gasteiger charge is -2.26. The average molecular weight is 631 g/mol. The minimum atomic E-state index is -0.0216. The van der Waals surface area contributed by atoms with Gasteiger partial charge in [-0.1, -0.05) is 116 Å². The Morgan fingerprint density at radius 3 is 1.73 bits per heavy atom. The highest BCUT2D eigenvalue weighted by molar-refractivity contribution is 6.10. The van der Waals surface area contributed by atoms with Crippen molar-refractivity contribution >= 4 is 38.9 Å². The van der Waals surface area contributed by atoms with Gasteiger partial charge in [0, 0.05) is 51.3 Å². The van der Waals surface area contributed by atoms with Gasteiger partial charge in [-0.3, -0.25) is 0 Å². The van der Waals surface area contributed by atoms with Gasteiger partial charge in [0.2, 0.25) is 0 Å². The van der Waals surface area contributed by atoms with Crippen LogP contribution in [0.25, 0.3) is 55.2 Å². The van der Waals surface area contributed by atoms with Crippen LogP contribution in [0.3, 0.4) is 0 Å². The van der Waals surface area contributed by atoms with Gasteiger partial charge >= 0.3 is 0 Å². The second kappa shape index (κ2) is 11.1. The average Bonchev–Trinajstić information content (AvgIpc) is 3.55. The van der Waals surface area contributed by atoms with E-state index in [0.29, 0.717) is 0 Å². The first kappa shape index (κ1) is 29.3. The van der Waals surface area contributed by atoms with Crippen molar-refractivity contribution in [1.82, 2.24) is 4.57 Å². The largest absolute Gasteiger partial charge is 0.344 e. The summed E-state index contributed by atoms with van der Waals surface area (Å²) in [5.41, 5.74) is 17.6. The molecular weight excluding hydrogens is 593 g/mol. The number of fused-ring (bicyclic) bond motifs is 6. The van der Waals surface area contributed by atoms with Crippen LogP contribution in [-0.4, -0.2) is 4.57 Å². The van der Waals surface area contributed by atoms with Crippen LogP contribution in [-0.2, 0) is 12.5 Å². The number of hydrogen-bond donors (Lipinski definition) is 0. The van der Waals surface area contributed by atoms with Crippen LogP contribution in [0, 0.1) is 6.92 Å². The molecule has 0 bridgehead atoms. The molecule has 8 aromatic rings. The zero-order chi connectivity index (χ0) is 33.3. The quantitative estimate of drug-likeness (QED) is 0.184. The number of benzene rings is 7. The van der Waals surface area contributed by atoms with E-state index in [9.17, 15) is 0 Å². The molecule has 0 radical (unpaired) electrons. The Labute approximate surface area is 288 Å². The predicted octanol–water partition coefficient (Wildman–Crippen LogP) is 12.8. The maximum atomic E-state index is 2.40. The van der Waals surface area contributed by atoms with E-state index in [2.05, 4.69) is 195 Å². The fraction of sp³-hybridized carbons (Fsp3) is 0.106. The molecule has 1 heterocycles. The highest BCUT2D eigenvalue weighted by Crippen LogP contribution is 2.49. The topological polar surface area (TPSA) is 8.17 Å². The van der Waals surface area contributed by atoms with Crippen LogP contribution in [0.4, 0.5) is 17.1 Å². The van der Waals surface area contributed by atoms with Crippen molar-refractivity contribution in [2.45, 2.75) is 26.2 Å². The van der Waals surface area contributed by atoms with Crippen molar-refractivity contribution in [2.24, 2.45) is 7.05 Å². The molecule has 7 aromatic carbocycles. The fourth-order valence-corrected chi connectivity index (χ4v) is 7.98. The number of anilines is 3. The van der Waals surface area contributed by atoms with Gasteiger partial charge in [-0.15, -0.1) is 0 Å². The smallest absolute Gasteiger partial charge is 0.0490 e. The first-order valence-electron chi connectivity index (χ1n) is 17.2. The van der Waals surface area contributed by atoms with E-state index in [1.54, 1.807) is 0 Å². The molecule has 0 aliphatic heterocycles. The maximum absolute atomic E-state index is 2.40. The zero-order valence-corrected chi connectivity index (χ0v) is 28.4. The van der Waals surface area contributed by atoms with Crippen LogP contribution >= 0.6 is 0 Å². The van der Waals surface area contributed by atoms with E-state index < -0.39 is 0 Å². The molecule has 0 atom stereocenters. The van der Waals surface area contributed by atoms with Crippen LogP contribution in [0.15, 0.2) is 158 Å². The molecule has 1 aliphatic rings. The molecule has 2 heteroatoms. The molecule has 0 saturated carbocycles. The highest BCUT2D eigenvalue weighted by Gasteiger charge is 2.35. The van der Waals surface area contributed by atoms with Crippen LogP contribution in [0.1, 0.15) is 30.5 Å². The summed E-state index contributed by atoms with van der Waals surface area (Å²) in [4.78, 5) is 2.38. The molecule has 0 N–H and O–H groups in total. The van der Waals surface area contributed by atoms with Crippen LogP contribution in [0.5, 0.6) is 0 Å². The van der Waals surface area contributed by atoms with Crippen molar-refractivity contribution in [3.05, 3.63) is 174 Å². The number of hydrogen-bond acceptors (Lipinski definition) is 1. The lowest BCUT2D eigenvalue weighted by molar-refractivity contribution is 0.660. The van der Waals surface area contributed by atoms with Crippen molar-refractivity contribution in [2.75, 3.05) is 4.90 Å². The van der Waals surface area contributed by atoms with Crippen molar-refractivity contribution in [3.8, 4) is 33.4 Å². The number of aromatic nitrogens is 1. The van der Waals surface area contributed by atoms with Crippen molar-refractivity contribution < 1.29 is 0 Å². The Morgan fingerprint density at radius 1 is 0.449 bits per heavy atom. The van der Waals surface area contributed by atoms with E-state index >= 15 is 0 Å². The summed E-state index contributed by atoms with van der Waals surface area (Å²) in [5, 5.41) is 2.52. The zero-order valence-electron chi connectivity index (χ0n) is 28.4. The molecule has 1 aromatic heterocycles. The molecule has 0 spiro atoms. The lowest BCUT2D eigenvalue weighted by Crippen LogP contribution is -2.14. The monoisotopic (exact) mass is 630 g/mol. The second-order valence-corrected chi connectivity index (χ2v) is 14.0. The normalized spacial score (nSPS) is 13.1. The van der Waals surface area contributed by atoms with Crippen LogP contribution < -0.4 is 4.90 Å². The molecule has 0 saturated heterocycles. The van der Waals surface area contributed by atoms with E-state index in [-0.39, 0.29) is 5.41 Å². The maximum Gasteiger partial charge on any atom is 0.0490 e. The third-order valence-electron chi connectivity index (χ3n) is 10.7. The summed E-state index contributed by atoms with van der Waals surface area (Å²) in [6, 6.07) is 58.2. The van der Waals surface area contributed by atoms with Gasteiger partial charge in [0.05, 0.1) is 0 Å². The summed E-state index contributed by atoms with van der Waals surface area (Å²) in [6.45, 7) is 6.84. The second-order valence-electron chi connectivity index (χ2n) is 14.0. The summed E-state index contributed by atoms with van der Waals surface area (Å²) in [7, 11) is 2.17. The summed E-state index contributed by atoms with van der Waals surface area (Å²) in [6.07, 6.45) is 0. The van der Waals surface area contributed by atoms with Gasteiger partial charge in [0.1, 0.15) is 0 Å². The first-order chi connectivity index (χ1) is 23.9. The standard InChI is InChI=1S/C47H38N2/c1-31-14-20-36(21-15-31)49(38-24-27-46-42(30-38)41-28-34(19-26-45(41)48(46)4)32-10-6-5-7-11-32)37-22-16-33(17-23-37)35-18-25-40-39-12-8-9-13-43(39)47(2,3)44(40)29-35/h5-30H,1-4H3. The van der Waals surface area contributed by atoms with E-state index in [4.69, 9.17) is 0 Å².